The van der Waals surface area contributed by atoms with E-state index in [1.165, 1.54) is 12.1 Å². The fraction of sp³-hybridized carbons (Fsp3) is 0.111. The summed E-state index contributed by atoms with van der Waals surface area (Å²) in [4.78, 5) is 15.0. The maximum atomic E-state index is 12.9. The molecule has 0 bridgehead atoms. The third-order valence-corrected chi connectivity index (χ3v) is 3.39. The average molecular weight is 311 g/mol. The van der Waals surface area contributed by atoms with E-state index in [0.717, 1.165) is 16.5 Å². The van der Waals surface area contributed by atoms with Crippen molar-refractivity contribution in [3.8, 4) is 5.75 Å². The molecule has 0 amide bonds. The average Bonchev–Trinajstić information content (AvgIpc) is 2.54. The highest BCUT2D eigenvalue weighted by molar-refractivity contribution is 5.81. The molecular weight excluding hydrogens is 297 g/mol. The molecule has 116 valence electrons. The maximum absolute atomic E-state index is 12.9. The van der Waals surface area contributed by atoms with Crippen molar-refractivity contribution >= 4 is 16.9 Å². The summed E-state index contributed by atoms with van der Waals surface area (Å²) in [6, 6.07) is 13.4. The van der Waals surface area contributed by atoms with Crippen LogP contribution in [0.4, 0.5) is 4.39 Å². The second-order valence-corrected chi connectivity index (χ2v) is 5.18. The molecule has 0 unspecified atom stereocenters. The zero-order valence-corrected chi connectivity index (χ0v) is 12.2. The molecule has 0 radical (unpaired) electrons. The number of nitrogens with zero attached hydrogens (tertiary/aromatic N) is 1. The number of benzene rings is 2. The van der Waals surface area contributed by atoms with E-state index in [1.807, 2.05) is 6.07 Å². The van der Waals surface area contributed by atoms with Crippen molar-refractivity contribution in [3.63, 3.8) is 0 Å². The van der Waals surface area contributed by atoms with Gasteiger partial charge in [-0.25, -0.2) is 4.39 Å². The molecule has 1 N–H and O–H groups in total. The Hall–Kier alpha value is -2.95. The van der Waals surface area contributed by atoms with Crippen molar-refractivity contribution in [3.05, 3.63) is 71.7 Å². The zero-order valence-electron chi connectivity index (χ0n) is 12.2. The van der Waals surface area contributed by atoms with Crippen molar-refractivity contribution < 1.29 is 19.0 Å². The van der Waals surface area contributed by atoms with Crippen LogP contribution in [0.25, 0.3) is 10.9 Å². The lowest BCUT2D eigenvalue weighted by Gasteiger charge is -2.08. The number of aromatic nitrogens is 1. The van der Waals surface area contributed by atoms with Gasteiger partial charge < -0.3 is 9.84 Å². The molecule has 2 aromatic carbocycles. The Kier molecular flexibility index (Phi) is 4.19. The first-order chi connectivity index (χ1) is 11.1. The highest BCUT2D eigenvalue weighted by Gasteiger charge is 2.04. The molecule has 0 aliphatic carbocycles. The number of hydrogen-bond donors (Lipinski definition) is 1. The molecule has 0 saturated carbocycles. The van der Waals surface area contributed by atoms with E-state index >= 15 is 0 Å². The van der Waals surface area contributed by atoms with Crippen LogP contribution in [-0.2, 0) is 17.8 Å². The van der Waals surface area contributed by atoms with E-state index in [2.05, 4.69) is 4.98 Å². The van der Waals surface area contributed by atoms with Gasteiger partial charge in [-0.1, -0.05) is 12.1 Å². The molecule has 5 heteroatoms. The predicted molar refractivity (Wildman–Crippen MR) is 83.8 cm³/mol. The lowest BCUT2D eigenvalue weighted by molar-refractivity contribution is -0.136. The third kappa shape index (κ3) is 3.83. The number of ether oxygens (including phenoxy) is 1. The molecule has 0 saturated heterocycles. The molecule has 0 aliphatic heterocycles. The van der Waals surface area contributed by atoms with E-state index in [1.54, 1.807) is 36.5 Å². The molecular formula is C18H14FNO3. The lowest BCUT2D eigenvalue weighted by Crippen LogP contribution is -2.00. The van der Waals surface area contributed by atoms with Gasteiger partial charge in [0.2, 0.25) is 0 Å². The number of rotatable bonds is 5. The Morgan fingerprint density at radius 2 is 1.87 bits per heavy atom. The first-order valence-electron chi connectivity index (χ1n) is 7.08. The lowest BCUT2D eigenvalue weighted by atomic mass is 10.1. The number of pyridine rings is 1. The SMILES string of the molecule is O=C(O)Cc1cnc2cc(OCc3ccc(F)cc3)ccc2c1. The summed E-state index contributed by atoms with van der Waals surface area (Å²) in [7, 11) is 0. The van der Waals surface area contributed by atoms with Crippen LogP contribution in [0.2, 0.25) is 0 Å². The highest BCUT2D eigenvalue weighted by atomic mass is 19.1. The summed E-state index contributed by atoms with van der Waals surface area (Å²) in [5, 5.41) is 9.67. The van der Waals surface area contributed by atoms with Gasteiger partial charge in [0.1, 0.15) is 18.2 Å². The molecule has 0 aliphatic rings. The highest BCUT2D eigenvalue weighted by Crippen LogP contribution is 2.21. The second kappa shape index (κ2) is 6.44. The standard InChI is InChI=1S/C18H14FNO3/c19-15-4-1-12(2-5-15)11-23-16-6-3-14-7-13(8-18(21)22)10-20-17(14)9-16/h1-7,9-10H,8,11H2,(H,21,22). The van der Waals surface area contributed by atoms with Gasteiger partial charge in [0.15, 0.2) is 0 Å². The molecule has 0 fully saturated rings. The Morgan fingerprint density at radius 3 is 2.61 bits per heavy atom. The fourth-order valence-corrected chi connectivity index (χ4v) is 2.26. The quantitative estimate of drug-likeness (QED) is 0.782. The van der Waals surface area contributed by atoms with Gasteiger partial charge in [0.25, 0.3) is 0 Å². The predicted octanol–water partition coefficient (Wildman–Crippen LogP) is 3.58. The second-order valence-electron chi connectivity index (χ2n) is 5.18. The maximum Gasteiger partial charge on any atom is 0.307 e. The Morgan fingerprint density at radius 1 is 1.09 bits per heavy atom. The molecule has 3 aromatic rings. The number of halogens is 1. The fourth-order valence-electron chi connectivity index (χ4n) is 2.26. The molecule has 4 nitrogen and oxygen atoms in total. The van der Waals surface area contributed by atoms with Gasteiger partial charge in [0.05, 0.1) is 11.9 Å². The zero-order chi connectivity index (χ0) is 16.2. The molecule has 1 heterocycles. The smallest absolute Gasteiger partial charge is 0.307 e. The van der Waals surface area contributed by atoms with Crippen molar-refractivity contribution in [1.82, 2.24) is 4.98 Å². The normalized spacial score (nSPS) is 10.7. The topological polar surface area (TPSA) is 59.4 Å². The Labute approximate surface area is 132 Å². The number of carbonyl (C=O) groups is 1. The van der Waals surface area contributed by atoms with Gasteiger partial charge >= 0.3 is 5.97 Å². The van der Waals surface area contributed by atoms with E-state index in [4.69, 9.17) is 9.84 Å². The summed E-state index contributed by atoms with van der Waals surface area (Å²) >= 11 is 0. The van der Waals surface area contributed by atoms with Crippen LogP contribution in [0.5, 0.6) is 5.75 Å². The van der Waals surface area contributed by atoms with Crippen LogP contribution >= 0.6 is 0 Å². The Balaban J connectivity index is 1.74. The van der Waals surface area contributed by atoms with Crippen molar-refractivity contribution in [2.24, 2.45) is 0 Å². The van der Waals surface area contributed by atoms with E-state index in [9.17, 15) is 9.18 Å². The molecule has 23 heavy (non-hydrogen) atoms. The van der Waals surface area contributed by atoms with Crippen molar-refractivity contribution in [1.29, 1.82) is 0 Å². The molecule has 1 aromatic heterocycles. The van der Waals surface area contributed by atoms with Crippen molar-refractivity contribution in [2.75, 3.05) is 0 Å². The van der Waals surface area contributed by atoms with Gasteiger partial charge in [-0.05, 0) is 41.5 Å². The Bertz CT molecular complexity index is 847. The van der Waals surface area contributed by atoms with E-state index < -0.39 is 5.97 Å². The first-order valence-corrected chi connectivity index (χ1v) is 7.08. The number of carboxylic acids is 1. The van der Waals surface area contributed by atoms with E-state index in [-0.39, 0.29) is 12.2 Å². The third-order valence-electron chi connectivity index (χ3n) is 3.39. The first kappa shape index (κ1) is 15.0. The van der Waals surface area contributed by atoms with Crippen LogP contribution in [-0.4, -0.2) is 16.1 Å². The molecule has 3 rings (SSSR count). The van der Waals surface area contributed by atoms with Crippen molar-refractivity contribution in [2.45, 2.75) is 13.0 Å². The summed E-state index contributed by atoms with van der Waals surface area (Å²) in [5.74, 6) is -0.508. The number of carboxylic acid groups (broad SMARTS) is 1. The van der Waals surface area contributed by atoms with Gasteiger partial charge in [-0.3, -0.25) is 9.78 Å². The van der Waals surface area contributed by atoms with Crippen LogP contribution in [0.3, 0.4) is 0 Å². The summed E-state index contributed by atoms with van der Waals surface area (Å²) < 4.78 is 18.5. The minimum absolute atomic E-state index is 0.0498. The number of fused-ring (bicyclic) bond motifs is 1. The monoisotopic (exact) mass is 311 g/mol. The van der Waals surface area contributed by atoms with Crippen LogP contribution in [0.1, 0.15) is 11.1 Å². The van der Waals surface area contributed by atoms with Crippen LogP contribution in [0.15, 0.2) is 54.7 Å². The number of aliphatic carboxylic acids is 1. The summed E-state index contributed by atoms with van der Waals surface area (Å²) in [6.45, 7) is 0.336. The minimum Gasteiger partial charge on any atom is -0.489 e. The molecule has 0 spiro atoms. The van der Waals surface area contributed by atoms with Gasteiger partial charge in [0, 0.05) is 17.6 Å². The minimum atomic E-state index is -0.884. The number of hydrogen-bond acceptors (Lipinski definition) is 3. The van der Waals surface area contributed by atoms with Crippen LogP contribution < -0.4 is 4.74 Å². The van der Waals surface area contributed by atoms with E-state index in [0.29, 0.717) is 17.9 Å². The van der Waals surface area contributed by atoms with Gasteiger partial charge in [-0.15, -0.1) is 0 Å². The molecule has 0 atom stereocenters. The summed E-state index contributed by atoms with van der Waals surface area (Å²) in [5.41, 5.74) is 2.26. The van der Waals surface area contributed by atoms with Crippen LogP contribution in [0, 0.1) is 5.82 Å². The largest absolute Gasteiger partial charge is 0.489 e. The van der Waals surface area contributed by atoms with Gasteiger partial charge in [-0.2, -0.15) is 0 Å². The summed E-state index contributed by atoms with van der Waals surface area (Å²) in [6.07, 6.45) is 1.51.